The van der Waals surface area contributed by atoms with Gasteiger partial charge in [0.1, 0.15) is 18.0 Å². The smallest absolute Gasteiger partial charge is 0.318 e. The lowest BCUT2D eigenvalue weighted by Gasteiger charge is -2.41. The molecular formula is C36H43ClFN7O2. The Bertz CT molecular complexity index is 1690. The van der Waals surface area contributed by atoms with Gasteiger partial charge in [-0.1, -0.05) is 48.9 Å². The van der Waals surface area contributed by atoms with Crippen LogP contribution in [0.15, 0.2) is 48.8 Å². The molecule has 0 spiro atoms. The molecule has 2 aliphatic heterocycles. The highest BCUT2D eigenvalue weighted by molar-refractivity contribution is 6.36. The van der Waals surface area contributed by atoms with E-state index >= 15 is 0 Å². The Hall–Kier alpha value is -3.94. The lowest BCUT2D eigenvalue weighted by molar-refractivity contribution is -0.131. The molecule has 6 rings (SSSR count). The molecule has 2 aromatic carbocycles. The number of hydrogen-bond donors (Lipinski definition) is 0. The minimum atomic E-state index is -1.01. The number of anilines is 2. The topological polar surface area (TPSA) is 69.4 Å². The number of piperazine rings is 1. The van der Waals surface area contributed by atoms with Gasteiger partial charge >= 0.3 is 6.01 Å². The SMILES string of the molecule is [C-]#[N+]C[C@H]1CN(c2nc(O[C@@H](C)CN(C)[C@H](C)C3CCC3)nc3c2CCN(c2cccc4cccc(Cl)c24)C3)CCN1C(=O)C(=C)F. The number of carbonyl (C=O) groups excluding carboxylic acids is 1. The highest BCUT2D eigenvalue weighted by atomic mass is 35.5. The van der Waals surface area contributed by atoms with Crippen molar-refractivity contribution in [2.24, 2.45) is 5.92 Å². The molecule has 1 aromatic heterocycles. The minimum Gasteiger partial charge on any atom is -0.459 e. The summed E-state index contributed by atoms with van der Waals surface area (Å²) in [5.74, 6) is -0.283. The second kappa shape index (κ2) is 14.0. The van der Waals surface area contributed by atoms with Crippen LogP contribution in [0.3, 0.4) is 0 Å². The van der Waals surface area contributed by atoms with Crippen molar-refractivity contribution in [2.75, 3.05) is 56.1 Å². The van der Waals surface area contributed by atoms with E-state index in [-0.39, 0.29) is 19.2 Å². The number of carbonyl (C=O) groups is 1. The molecule has 47 heavy (non-hydrogen) atoms. The molecule has 1 saturated carbocycles. The largest absolute Gasteiger partial charge is 0.459 e. The maximum absolute atomic E-state index is 13.9. The number of amides is 1. The average molecular weight is 660 g/mol. The van der Waals surface area contributed by atoms with E-state index in [0.29, 0.717) is 43.1 Å². The van der Waals surface area contributed by atoms with Gasteiger partial charge in [-0.25, -0.2) is 11.0 Å². The van der Waals surface area contributed by atoms with Crippen LogP contribution >= 0.6 is 11.6 Å². The standard InChI is InChI=1S/C36H43ClFN7O2/c1-23(20-42(5)25(3)26-9-6-10-26)47-36-40-31-22-43(32-14-8-12-27-11-7-13-30(37)33(27)32)16-15-29(31)34(41-36)44-17-18-45(35(46)24(2)38)28(21-44)19-39-4/h7-8,11-14,23,25-26,28H,2,6,9-10,15-22H2,1,3,5H3/t23-,25+,28-/m0/s1. The molecule has 1 saturated heterocycles. The Labute approximate surface area is 281 Å². The summed E-state index contributed by atoms with van der Waals surface area (Å²) in [6.45, 7) is 18.2. The summed E-state index contributed by atoms with van der Waals surface area (Å²) in [6, 6.07) is 12.5. The molecule has 0 unspecified atom stereocenters. The van der Waals surface area contributed by atoms with Crippen molar-refractivity contribution < 1.29 is 13.9 Å². The van der Waals surface area contributed by atoms with E-state index in [1.165, 1.54) is 24.2 Å². The summed E-state index contributed by atoms with van der Waals surface area (Å²) in [7, 11) is 2.15. The first-order valence-electron chi connectivity index (χ1n) is 16.6. The van der Waals surface area contributed by atoms with Crippen molar-refractivity contribution in [3.63, 3.8) is 0 Å². The van der Waals surface area contributed by atoms with Crippen molar-refractivity contribution in [3.8, 4) is 6.01 Å². The second-order valence-corrected chi connectivity index (χ2v) is 13.6. The maximum atomic E-state index is 13.9. The lowest BCUT2D eigenvalue weighted by atomic mass is 9.80. The van der Waals surface area contributed by atoms with Crippen LogP contribution < -0.4 is 14.5 Å². The van der Waals surface area contributed by atoms with Gasteiger partial charge in [-0.15, -0.1) is 0 Å². The van der Waals surface area contributed by atoms with Crippen molar-refractivity contribution in [3.05, 3.63) is 76.5 Å². The van der Waals surface area contributed by atoms with E-state index in [9.17, 15) is 9.18 Å². The third-order valence-corrected chi connectivity index (χ3v) is 10.5. The van der Waals surface area contributed by atoms with Crippen LogP contribution in [0.5, 0.6) is 6.01 Å². The Morgan fingerprint density at radius 3 is 2.64 bits per heavy atom. The van der Waals surface area contributed by atoms with Crippen LogP contribution in [-0.4, -0.2) is 90.2 Å². The minimum absolute atomic E-state index is 0.0598. The molecule has 1 amide bonds. The number of nitrogens with zero attached hydrogens (tertiary/aromatic N) is 7. The third kappa shape index (κ3) is 6.88. The molecular weight excluding hydrogens is 617 g/mol. The lowest BCUT2D eigenvalue weighted by Crippen LogP contribution is -2.57. The number of fused-ring (bicyclic) bond motifs is 2. The van der Waals surface area contributed by atoms with E-state index in [1.54, 1.807) is 0 Å². The van der Waals surface area contributed by atoms with Gasteiger partial charge in [0, 0.05) is 55.4 Å². The molecule has 0 N–H and O–H groups in total. The molecule has 11 heteroatoms. The van der Waals surface area contributed by atoms with Crippen LogP contribution in [0, 0.1) is 12.5 Å². The summed E-state index contributed by atoms with van der Waals surface area (Å²) in [5.41, 5.74) is 2.96. The summed E-state index contributed by atoms with van der Waals surface area (Å²) in [4.78, 5) is 34.3. The third-order valence-electron chi connectivity index (χ3n) is 10.2. The number of aromatic nitrogens is 2. The quantitative estimate of drug-likeness (QED) is 0.191. The Balaban J connectivity index is 1.31. The Kier molecular flexibility index (Phi) is 9.85. The van der Waals surface area contributed by atoms with E-state index in [4.69, 9.17) is 32.9 Å². The first-order chi connectivity index (χ1) is 22.6. The molecule has 0 radical (unpaired) electrons. The summed E-state index contributed by atoms with van der Waals surface area (Å²) >= 11 is 6.72. The number of halogens is 2. The van der Waals surface area contributed by atoms with Crippen molar-refractivity contribution in [1.29, 1.82) is 0 Å². The van der Waals surface area contributed by atoms with Crippen molar-refractivity contribution >= 4 is 39.8 Å². The van der Waals surface area contributed by atoms with E-state index in [0.717, 1.165) is 52.5 Å². The van der Waals surface area contributed by atoms with Gasteiger partial charge in [0.05, 0.1) is 17.3 Å². The number of ether oxygens (including phenoxy) is 1. The van der Waals surface area contributed by atoms with Gasteiger partial charge in [-0.2, -0.15) is 9.97 Å². The summed E-state index contributed by atoms with van der Waals surface area (Å²) in [5, 5.41) is 2.80. The monoisotopic (exact) mass is 659 g/mol. The zero-order chi connectivity index (χ0) is 33.2. The zero-order valence-corrected chi connectivity index (χ0v) is 28.2. The number of benzene rings is 2. The van der Waals surface area contributed by atoms with Crippen molar-refractivity contribution in [1.82, 2.24) is 19.8 Å². The normalized spacial score (nSPS) is 19.6. The predicted molar refractivity (Wildman–Crippen MR) is 185 cm³/mol. The molecule has 9 nitrogen and oxygen atoms in total. The van der Waals surface area contributed by atoms with Gasteiger partial charge in [-0.3, -0.25) is 9.69 Å². The van der Waals surface area contributed by atoms with Crippen LogP contribution in [0.1, 0.15) is 44.4 Å². The highest BCUT2D eigenvalue weighted by Crippen LogP contribution is 2.37. The molecule has 248 valence electrons. The second-order valence-electron chi connectivity index (χ2n) is 13.2. The first-order valence-corrected chi connectivity index (χ1v) is 16.9. The fraction of sp³-hybridized carbons (Fsp3) is 0.500. The molecule has 3 aliphatic rings. The molecule has 3 heterocycles. The molecule has 0 bridgehead atoms. The van der Waals surface area contributed by atoms with Gasteiger partial charge in [0.2, 0.25) is 6.54 Å². The number of hydrogen-bond acceptors (Lipinski definition) is 7. The summed E-state index contributed by atoms with van der Waals surface area (Å²) in [6.07, 6.45) is 4.41. The van der Waals surface area contributed by atoms with E-state index in [2.05, 4.69) is 71.3 Å². The molecule has 3 aromatic rings. The first kappa shape index (κ1) is 33.0. The fourth-order valence-corrected chi connectivity index (χ4v) is 7.53. The number of rotatable bonds is 10. The molecule has 1 aliphatic carbocycles. The fourth-order valence-electron chi connectivity index (χ4n) is 7.25. The highest BCUT2D eigenvalue weighted by Gasteiger charge is 2.36. The van der Waals surface area contributed by atoms with Crippen LogP contribution in [-0.2, 0) is 17.8 Å². The van der Waals surface area contributed by atoms with Crippen LogP contribution in [0.2, 0.25) is 5.02 Å². The molecule has 3 atom stereocenters. The zero-order valence-electron chi connectivity index (χ0n) is 27.5. The van der Waals surface area contributed by atoms with E-state index < -0.39 is 17.8 Å². The molecule has 2 fully saturated rings. The Morgan fingerprint density at radius 1 is 1.17 bits per heavy atom. The van der Waals surface area contributed by atoms with E-state index in [1.807, 2.05) is 12.1 Å². The summed E-state index contributed by atoms with van der Waals surface area (Å²) < 4.78 is 20.3. The van der Waals surface area contributed by atoms with Gasteiger partial charge in [0.25, 0.3) is 5.91 Å². The van der Waals surface area contributed by atoms with Crippen molar-refractivity contribution in [2.45, 2.75) is 64.3 Å². The average Bonchev–Trinajstić information content (AvgIpc) is 3.02. The number of likely N-dealkylation sites (N-methyl/N-ethyl adjacent to an activating group) is 1. The predicted octanol–water partition coefficient (Wildman–Crippen LogP) is 6.15. The van der Waals surface area contributed by atoms with Gasteiger partial charge < -0.3 is 24.3 Å². The maximum Gasteiger partial charge on any atom is 0.318 e. The Morgan fingerprint density at radius 2 is 1.94 bits per heavy atom. The van der Waals surface area contributed by atoms with Crippen LogP contribution in [0.4, 0.5) is 15.9 Å². The van der Waals surface area contributed by atoms with Gasteiger partial charge in [-0.05, 0) is 63.6 Å². The van der Waals surface area contributed by atoms with Crippen LogP contribution in [0.25, 0.3) is 15.6 Å². The van der Waals surface area contributed by atoms with Gasteiger partial charge in [0.15, 0.2) is 5.83 Å².